The van der Waals surface area contributed by atoms with Crippen LogP contribution in [0.15, 0.2) is 67.0 Å². The lowest BCUT2D eigenvalue weighted by Gasteiger charge is -2.26. The highest BCUT2D eigenvalue weighted by atomic mass is 16.2. The molecule has 234 valence electrons. The lowest BCUT2D eigenvalue weighted by Crippen LogP contribution is -2.37. The van der Waals surface area contributed by atoms with Gasteiger partial charge in [0.15, 0.2) is 0 Å². The number of piperidine rings is 1. The smallest absolute Gasteiger partial charge is 0.319 e. The average molecular weight is 607 g/mol. The monoisotopic (exact) mass is 606 g/mol. The zero-order valence-electron chi connectivity index (χ0n) is 25.9. The number of benzene rings is 2. The van der Waals surface area contributed by atoms with Crippen molar-refractivity contribution in [1.82, 2.24) is 25.8 Å². The van der Waals surface area contributed by atoms with Crippen LogP contribution in [0.4, 0.5) is 10.5 Å². The highest BCUT2D eigenvalue weighted by Crippen LogP contribution is 2.26. The van der Waals surface area contributed by atoms with Gasteiger partial charge in [-0.1, -0.05) is 30.4 Å². The number of aromatic nitrogens is 1. The first-order chi connectivity index (χ1) is 21.9. The Kier molecular flexibility index (Phi) is 11.2. The van der Waals surface area contributed by atoms with Crippen molar-refractivity contribution in [2.75, 3.05) is 38.0 Å². The van der Waals surface area contributed by atoms with E-state index in [1.165, 1.54) is 19.3 Å². The van der Waals surface area contributed by atoms with E-state index in [1.54, 1.807) is 36.7 Å². The number of amides is 4. The van der Waals surface area contributed by atoms with Crippen LogP contribution in [0.5, 0.6) is 0 Å². The molecule has 1 aliphatic carbocycles. The molecule has 4 N–H and O–H groups in total. The van der Waals surface area contributed by atoms with Crippen molar-refractivity contribution < 1.29 is 14.4 Å². The van der Waals surface area contributed by atoms with Gasteiger partial charge in [-0.15, -0.1) is 0 Å². The van der Waals surface area contributed by atoms with Gasteiger partial charge >= 0.3 is 6.03 Å². The quantitative estimate of drug-likeness (QED) is 0.241. The molecule has 5 rings (SSSR count). The molecule has 1 aromatic heterocycles. The Morgan fingerprint density at radius 3 is 2.49 bits per heavy atom. The van der Waals surface area contributed by atoms with E-state index in [9.17, 15) is 14.4 Å². The number of likely N-dealkylation sites (tertiary alicyclic amines) is 1. The molecule has 2 aromatic carbocycles. The highest BCUT2D eigenvalue weighted by molar-refractivity contribution is 5.94. The van der Waals surface area contributed by atoms with E-state index in [2.05, 4.69) is 43.0 Å². The molecule has 1 saturated heterocycles. The van der Waals surface area contributed by atoms with Gasteiger partial charge in [0.2, 0.25) is 5.91 Å². The van der Waals surface area contributed by atoms with Crippen LogP contribution in [0.25, 0.3) is 0 Å². The van der Waals surface area contributed by atoms with Crippen molar-refractivity contribution in [3.63, 3.8) is 0 Å². The Balaban J connectivity index is 1.23. The molecule has 1 atom stereocenters. The van der Waals surface area contributed by atoms with Crippen LogP contribution in [-0.4, -0.2) is 66.5 Å². The Morgan fingerprint density at radius 1 is 0.956 bits per heavy atom. The van der Waals surface area contributed by atoms with E-state index < -0.39 is 5.92 Å². The molecule has 4 amide bonds. The van der Waals surface area contributed by atoms with Crippen LogP contribution in [0.1, 0.15) is 77.6 Å². The minimum Gasteiger partial charge on any atom is -0.353 e. The standard InChI is InChI=1S/C36H42N6O3/c1-26(34(43)40-31-13-14-31)33-16-15-32(41-36(45)39-19-17-28-6-5-18-37-25-28)24-30(33)12-9-27-7-10-29(11-8-27)35(44)38-20-23-42-21-3-2-4-22-42/h5-8,10-11,15-16,18,24-26,31H,2-4,13-14,17,19-23H2,1H3,(H,38,44)(H,40,43)(H2,39,41,45). The number of rotatable bonds is 11. The Morgan fingerprint density at radius 2 is 1.76 bits per heavy atom. The average Bonchev–Trinajstić information content (AvgIpc) is 3.89. The lowest BCUT2D eigenvalue weighted by molar-refractivity contribution is -0.122. The van der Waals surface area contributed by atoms with Crippen LogP contribution < -0.4 is 21.3 Å². The molecular formula is C36H42N6O3. The van der Waals surface area contributed by atoms with Gasteiger partial charge in [-0.05, 0) is 106 Å². The largest absolute Gasteiger partial charge is 0.353 e. The summed E-state index contributed by atoms with van der Waals surface area (Å²) in [5.41, 5.74) is 4.39. The fourth-order valence-corrected chi connectivity index (χ4v) is 5.31. The maximum atomic E-state index is 12.9. The third-order valence-electron chi connectivity index (χ3n) is 8.17. The first-order valence-corrected chi connectivity index (χ1v) is 16.0. The molecule has 2 fully saturated rings. The molecule has 1 aliphatic heterocycles. The third kappa shape index (κ3) is 9.91. The number of nitrogens with zero attached hydrogens (tertiary/aromatic N) is 2. The maximum absolute atomic E-state index is 12.9. The van der Waals surface area contributed by atoms with Crippen LogP contribution in [0.2, 0.25) is 0 Å². The van der Waals surface area contributed by atoms with Gasteiger partial charge in [0.1, 0.15) is 0 Å². The summed E-state index contributed by atoms with van der Waals surface area (Å²) in [6.45, 7) is 6.04. The summed E-state index contributed by atoms with van der Waals surface area (Å²) in [5.74, 6) is 5.85. The molecule has 2 aliphatic rings. The Hall–Kier alpha value is -4.68. The van der Waals surface area contributed by atoms with E-state index in [4.69, 9.17) is 0 Å². The van der Waals surface area contributed by atoms with Crippen molar-refractivity contribution in [3.8, 4) is 11.8 Å². The second kappa shape index (κ2) is 15.9. The summed E-state index contributed by atoms with van der Waals surface area (Å²) < 4.78 is 0. The first-order valence-electron chi connectivity index (χ1n) is 16.0. The number of anilines is 1. The molecular weight excluding hydrogens is 564 g/mol. The fourth-order valence-electron chi connectivity index (χ4n) is 5.31. The fraction of sp³-hybridized carbons (Fsp3) is 0.389. The molecule has 45 heavy (non-hydrogen) atoms. The van der Waals surface area contributed by atoms with Gasteiger partial charge in [0.25, 0.3) is 5.91 Å². The van der Waals surface area contributed by atoms with Gasteiger partial charge in [-0.2, -0.15) is 0 Å². The Bertz CT molecular complexity index is 1520. The number of hydrogen-bond donors (Lipinski definition) is 4. The summed E-state index contributed by atoms with van der Waals surface area (Å²) >= 11 is 0. The summed E-state index contributed by atoms with van der Waals surface area (Å²) in [4.78, 5) is 44.7. The number of carbonyl (C=O) groups excluding carboxylic acids is 3. The van der Waals surface area contributed by atoms with Crippen molar-refractivity contribution in [1.29, 1.82) is 0 Å². The second-order valence-electron chi connectivity index (χ2n) is 11.8. The van der Waals surface area contributed by atoms with E-state index in [1.807, 2.05) is 37.3 Å². The van der Waals surface area contributed by atoms with E-state index >= 15 is 0 Å². The van der Waals surface area contributed by atoms with Gasteiger partial charge < -0.3 is 26.2 Å². The predicted molar refractivity (Wildman–Crippen MR) is 176 cm³/mol. The van der Waals surface area contributed by atoms with Crippen molar-refractivity contribution in [2.24, 2.45) is 0 Å². The maximum Gasteiger partial charge on any atom is 0.319 e. The van der Waals surface area contributed by atoms with Crippen molar-refractivity contribution in [3.05, 3.63) is 94.8 Å². The molecule has 9 nitrogen and oxygen atoms in total. The highest BCUT2D eigenvalue weighted by Gasteiger charge is 2.27. The van der Waals surface area contributed by atoms with E-state index in [-0.39, 0.29) is 23.9 Å². The topological polar surface area (TPSA) is 115 Å². The second-order valence-corrected chi connectivity index (χ2v) is 11.8. The third-order valence-corrected chi connectivity index (χ3v) is 8.17. The molecule has 1 unspecified atom stereocenters. The van der Waals surface area contributed by atoms with Gasteiger partial charge in [-0.25, -0.2) is 4.79 Å². The Labute approximate surface area is 265 Å². The molecule has 9 heteroatoms. The molecule has 3 aromatic rings. The zero-order valence-corrected chi connectivity index (χ0v) is 25.9. The molecule has 2 heterocycles. The van der Waals surface area contributed by atoms with Crippen molar-refractivity contribution >= 4 is 23.5 Å². The predicted octanol–water partition coefficient (Wildman–Crippen LogP) is 4.44. The molecule has 1 saturated carbocycles. The van der Waals surface area contributed by atoms with Gasteiger partial charge in [0, 0.05) is 60.4 Å². The lowest BCUT2D eigenvalue weighted by atomic mass is 9.94. The molecule has 0 spiro atoms. The van der Waals surface area contributed by atoms with E-state index in [0.717, 1.165) is 49.2 Å². The van der Waals surface area contributed by atoms with Gasteiger partial charge in [0.05, 0.1) is 5.92 Å². The van der Waals surface area contributed by atoms with Crippen LogP contribution in [0, 0.1) is 11.8 Å². The first kappa shape index (κ1) is 31.7. The summed E-state index contributed by atoms with van der Waals surface area (Å²) in [5, 5.41) is 11.8. The van der Waals surface area contributed by atoms with Crippen LogP contribution in [0.3, 0.4) is 0 Å². The van der Waals surface area contributed by atoms with Crippen molar-refractivity contribution in [2.45, 2.75) is 57.4 Å². The minimum atomic E-state index is -0.409. The zero-order chi connectivity index (χ0) is 31.4. The number of carbonyl (C=O) groups is 3. The SMILES string of the molecule is CC(C(=O)NC1CC1)c1ccc(NC(=O)NCCc2cccnc2)cc1C#Cc1ccc(C(=O)NCCN2CCCCC2)cc1. The van der Waals surface area contributed by atoms with Crippen LogP contribution in [-0.2, 0) is 11.2 Å². The number of nitrogens with one attached hydrogen (secondary N) is 4. The van der Waals surface area contributed by atoms with Crippen LogP contribution >= 0.6 is 0 Å². The summed E-state index contributed by atoms with van der Waals surface area (Å²) in [6, 6.07) is 16.4. The number of pyridine rings is 1. The summed E-state index contributed by atoms with van der Waals surface area (Å²) in [6.07, 6.45) is 9.94. The number of hydrogen-bond acceptors (Lipinski definition) is 5. The summed E-state index contributed by atoms with van der Waals surface area (Å²) in [7, 11) is 0. The molecule has 0 radical (unpaired) electrons. The van der Waals surface area contributed by atoms with Gasteiger partial charge in [-0.3, -0.25) is 14.6 Å². The van der Waals surface area contributed by atoms with E-state index in [0.29, 0.717) is 36.3 Å². The number of urea groups is 1. The minimum absolute atomic E-state index is 0.0370. The normalized spacial score (nSPS) is 15.2. The molecule has 0 bridgehead atoms.